The van der Waals surface area contributed by atoms with Gasteiger partial charge in [0.05, 0.1) is 17.2 Å². The van der Waals surface area contributed by atoms with Gasteiger partial charge in [-0.05, 0) is 25.1 Å². The van der Waals surface area contributed by atoms with Gasteiger partial charge in [-0.15, -0.1) is 0 Å². The number of carbonyl (C=O) groups excluding carboxylic acids is 2. The molecule has 0 aromatic heterocycles. The van der Waals surface area contributed by atoms with Crippen LogP contribution in [-0.2, 0) is 9.53 Å². The average Bonchev–Trinajstić information content (AvgIpc) is 2.50. The van der Waals surface area contributed by atoms with E-state index in [1.165, 1.54) is 0 Å². The monoisotopic (exact) mass is 389 g/mol. The standard InChI is InChI=1S/C15H17BrClNO4/c1-2-22-14(20)15(21)5-7-18(8-6-15)13(19)11-9-10(16)3-4-12(11)17/h3-4,9,21H,2,5-8H2,1H3. The Kier molecular flexibility index (Phi) is 5.47. The van der Waals surface area contributed by atoms with Gasteiger partial charge in [-0.25, -0.2) is 4.79 Å². The molecule has 0 saturated carbocycles. The van der Waals surface area contributed by atoms with E-state index in [9.17, 15) is 14.7 Å². The number of carbonyl (C=O) groups is 2. The van der Waals surface area contributed by atoms with Gasteiger partial charge in [0, 0.05) is 30.4 Å². The number of halogens is 2. The second-order valence-corrected chi connectivity index (χ2v) is 6.49. The highest BCUT2D eigenvalue weighted by molar-refractivity contribution is 9.10. The molecule has 7 heteroatoms. The quantitative estimate of drug-likeness (QED) is 0.806. The van der Waals surface area contributed by atoms with Crippen LogP contribution < -0.4 is 0 Å². The molecule has 0 spiro atoms. The summed E-state index contributed by atoms with van der Waals surface area (Å²) in [4.78, 5) is 25.8. The van der Waals surface area contributed by atoms with Crippen LogP contribution in [0.15, 0.2) is 22.7 Å². The third-order valence-electron chi connectivity index (χ3n) is 3.69. The number of aliphatic hydroxyl groups is 1. The van der Waals surface area contributed by atoms with Crippen molar-refractivity contribution in [3.05, 3.63) is 33.3 Å². The number of esters is 1. The molecule has 0 radical (unpaired) electrons. The lowest BCUT2D eigenvalue weighted by Gasteiger charge is -2.36. The van der Waals surface area contributed by atoms with Crippen LogP contribution in [0.4, 0.5) is 0 Å². The van der Waals surface area contributed by atoms with Crippen LogP contribution in [0.3, 0.4) is 0 Å². The predicted molar refractivity (Wildman–Crippen MR) is 85.9 cm³/mol. The Morgan fingerprint density at radius 3 is 2.64 bits per heavy atom. The molecule has 1 aromatic rings. The fourth-order valence-electron chi connectivity index (χ4n) is 2.38. The van der Waals surface area contributed by atoms with Gasteiger partial charge in [0.1, 0.15) is 0 Å². The summed E-state index contributed by atoms with van der Waals surface area (Å²) >= 11 is 9.38. The highest BCUT2D eigenvalue weighted by Gasteiger charge is 2.41. The predicted octanol–water partition coefficient (Wildman–Crippen LogP) is 2.63. The van der Waals surface area contributed by atoms with Gasteiger partial charge in [-0.3, -0.25) is 4.79 Å². The molecule has 1 saturated heterocycles. The van der Waals surface area contributed by atoms with Crippen molar-refractivity contribution in [1.82, 2.24) is 4.90 Å². The number of benzene rings is 1. The molecule has 1 N–H and O–H groups in total. The minimum atomic E-state index is -1.51. The Hall–Kier alpha value is -1.11. The molecule has 0 bridgehead atoms. The Balaban J connectivity index is 2.07. The summed E-state index contributed by atoms with van der Waals surface area (Å²) in [6, 6.07) is 5.07. The van der Waals surface area contributed by atoms with Crippen molar-refractivity contribution in [2.75, 3.05) is 19.7 Å². The van der Waals surface area contributed by atoms with Crippen LogP contribution in [0, 0.1) is 0 Å². The first-order chi connectivity index (χ1) is 10.4. The third-order valence-corrected chi connectivity index (χ3v) is 4.51. The van der Waals surface area contributed by atoms with E-state index in [4.69, 9.17) is 16.3 Å². The van der Waals surface area contributed by atoms with Crippen LogP contribution in [0.25, 0.3) is 0 Å². The molecule has 1 aliphatic rings. The van der Waals surface area contributed by atoms with Crippen LogP contribution in [0.5, 0.6) is 0 Å². The lowest BCUT2D eigenvalue weighted by molar-refractivity contribution is -0.169. The summed E-state index contributed by atoms with van der Waals surface area (Å²) in [6.45, 7) is 2.46. The third kappa shape index (κ3) is 3.62. The zero-order valence-corrected chi connectivity index (χ0v) is 14.5. The van der Waals surface area contributed by atoms with E-state index in [0.717, 1.165) is 4.47 Å². The normalized spacial score (nSPS) is 17.2. The van der Waals surface area contributed by atoms with Gasteiger partial charge in [0.25, 0.3) is 5.91 Å². The van der Waals surface area contributed by atoms with E-state index < -0.39 is 11.6 Å². The SMILES string of the molecule is CCOC(=O)C1(O)CCN(C(=O)c2cc(Br)ccc2Cl)CC1. The van der Waals surface area contributed by atoms with Crippen LogP contribution in [0.2, 0.25) is 5.02 Å². The van der Waals surface area contributed by atoms with Crippen molar-refractivity contribution in [1.29, 1.82) is 0 Å². The highest BCUT2D eigenvalue weighted by Crippen LogP contribution is 2.27. The Labute approximate surface area is 142 Å². The maximum atomic E-state index is 12.5. The van der Waals surface area contributed by atoms with E-state index in [1.807, 2.05) is 0 Å². The molecule has 2 rings (SSSR count). The molecule has 0 aliphatic carbocycles. The molecule has 0 unspecified atom stereocenters. The van der Waals surface area contributed by atoms with Crippen molar-refractivity contribution in [2.45, 2.75) is 25.4 Å². The molecule has 22 heavy (non-hydrogen) atoms. The van der Waals surface area contributed by atoms with Gasteiger partial charge < -0.3 is 14.7 Å². The Morgan fingerprint density at radius 1 is 1.41 bits per heavy atom. The number of nitrogens with zero attached hydrogens (tertiary/aromatic N) is 1. The van der Waals surface area contributed by atoms with Crippen molar-refractivity contribution < 1.29 is 19.4 Å². The smallest absolute Gasteiger partial charge is 0.338 e. The maximum Gasteiger partial charge on any atom is 0.338 e. The van der Waals surface area contributed by atoms with E-state index in [1.54, 1.807) is 30.0 Å². The zero-order chi connectivity index (χ0) is 16.3. The summed E-state index contributed by atoms with van der Waals surface area (Å²) in [6.07, 6.45) is 0.312. The second kappa shape index (κ2) is 6.98. The molecular formula is C15H17BrClNO4. The van der Waals surface area contributed by atoms with Gasteiger partial charge >= 0.3 is 5.97 Å². The minimum absolute atomic E-state index is 0.156. The molecule has 1 aliphatic heterocycles. The fourth-order valence-corrected chi connectivity index (χ4v) is 2.94. The molecule has 5 nitrogen and oxygen atoms in total. The summed E-state index contributed by atoms with van der Waals surface area (Å²) in [5, 5.41) is 10.7. The average molecular weight is 391 g/mol. The van der Waals surface area contributed by atoms with E-state index in [2.05, 4.69) is 15.9 Å². The van der Waals surface area contributed by atoms with Crippen molar-refractivity contribution in [2.24, 2.45) is 0 Å². The second-order valence-electron chi connectivity index (χ2n) is 5.17. The fraction of sp³-hybridized carbons (Fsp3) is 0.467. The number of rotatable bonds is 3. The lowest BCUT2D eigenvalue weighted by atomic mass is 9.91. The number of hydrogen-bond acceptors (Lipinski definition) is 4. The number of piperidine rings is 1. The molecule has 1 fully saturated rings. The van der Waals surface area contributed by atoms with Gasteiger partial charge in [0.15, 0.2) is 5.60 Å². The molecule has 0 atom stereocenters. The van der Waals surface area contributed by atoms with Crippen LogP contribution in [0.1, 0.15) is 30.1 Å². The minimum Gasteiger partial charge on any atom is -0.464 e. The van der Waals surface area contributed by atoms with Gasteiger partial charge in [-0.1, -0.05) is 27.5 Å². The number of likely N-dealkylation sites (tertiary alicyclic amines) is 1. The van der Waals surface area contributed by atoms with Crippen molar-refractivity contribution in [3.8, 4) is 0 Å². The van der Waals surface area contributed by atoms with Crippen LogP contribution in [-0.4, -0.2) is 47.2 Å². The number of ether oxygens (including phenoxy) is 1. The van der Waals surface area contributed by atoms with Gasteiger partial charge in [-0.2, -0.15) is 0 Å². The van der Waals surface area contributed by atoms with E-state index >= 15 is 0 Å². The molecule has 120 valence electrons. The van der Waals surface area contributed by atoms with Gasteiger partial charge in [0.2, 0.25) is 0 Å². The molecule has 1 heterocycles. The summed E-state index contributed by atoms with van der Waals surface area (Å²) < 4.78 is 5.64. The number of amides is 1. The first-order valence-corrected chi connectivity index (χ1v) is 8.18. The number of hydrogen-bond donors (Lipinski definition) is 1. The molecule has 1 amide bonds. The first-order valence-electron chi connectivity index (χ1n) is 7.01. The molecule has 1 aromatic carbocycles. The summed E-state index contributed by atoms with van der Waals surface area (Å²) in [7, 11) is 0. The zero-order valence-electron chi connectivity index (χ0n) is 12.1. The Bertz CT molecular complexity index is 585. The lowest BCUT2D eigenvalue weighted by Crippen LogP contribution is -2.51. The summed E-state index contributed by atoms with van der Waals surface area (Å²) in [5.74, 6) is -0.834. The maximum absolute atomic E-state index is 12.5. The largest absolute Gasteiger partial charge is 0.464 e. The first kappa shape index (κ1) is 17.2. The van der Waals surface area contributed by atoms with E-state index in [-0.39, 0.29) is 38.4 Å². The Morgan fingerprint density at radius 2 is 2.05 bits per heavy atom. The van der Waals surface area contributed by atoms with E-state index in [0.29, 0.717) is 10.6 Å². The highest BCUT2D eigenvalue weighted by atomic mass is 79.9. The topological polar surface area (TPSA) is 66.8 Å². The van der Waals surface area contributed by atoms with Crippen LogP contribution >= 0.6 is 27.5 Å². The van der Waals surface area contributed by atoms with Crippen molar-refractivity contribution in [3.63, 3.8) is 0 Å². The molecular weight excluding hydrogens is 374 g/mol. The van der Waals surface area contributed by atoms with Crippen molar-refractivity contribution >= 4 is 39.4 Å². The summed E-state index contributed by atoms with van der Waals surface area (Å²) in [5.41, 5.74) is -1.11.